The molecule has 0 saturated heterocycles. The summed E-state index contributed by atoms with van der Waals surface area (Å²) in [7, 11) is -4.17. The highest BCUT2D eigenvalue weighted by atomic mass is 32.2. The molecule has 1 aromatic carbocycles. The van der Waals surface area contributed by atoms with Crippen LogP contribution in [0, 0.1) is 0 Å². The number of benzene rings is 1. The molecule has 0 radical (unpaired) electrons. The average molecular weight is 270 g/mol. The number of rotatable bonds is 4. The molecule has 0 aromatic heterocycles. The molecule has 0 aliphatic heterocycles. The lowest BCUT2D eigenvalue weighted by molar-refractivity contribution is -0.0547. The first kappa shape index (κ1) is 13.8. The Balaban J connectivity index is 2.74. The molecule has 0 saturated carbocycles. The number of methoxy groups -OCH3 is 1. The maximum absolute atomic E-state index is 11.9. The summed E-state index contributed by atoms with van der Waals surface area (Å²) in [6.07, 6.45) is 0. The van der Waals surface area contributed by atoms with Crippen molar-refractivity contribution in [1.29, 1.82) is 0 Å². The summed E-state index contributed by atoms with van der Waals surface area (Å²) in [5, 5.41) is 0. The smallest absolute Gasteiger partial charge is 0.497 e. The van der Waals surface area contributed by atoms with Crippen molar-refractivity contribution in [3.05, 3.63) is 29.8 Å². The van der Waals surface area contributed by atoms with Crippen LogP contribution >= 0.6 is 0 Å². The zero-order valence-electron chi connectivity index (χ0n) is 8.69. The van der Waals surface area contributed by atoms with E-state index in [4.69, 9.17) is 4.74 Å². The van der Waals surface area contributed by atoms with Crippen LogP contribution in [0.4, 0.5) is 13.2 Å². The van der Waals surface area contributed by atoms with Gasteiger partial charge in [-0.15, -0.1) is 0 Å². The molecule has 1 aromatic rings. The SMILES string of the molecule is COc1cccc(COS(=O)(=O)C(F)(F)F)c1. The van der Waals surface area contributed by atoms with Crippen molar-refractivity contribution in [2.24, 2.45) is 0 Å². The summed E-state index contributed by atoms with van der Waals surface area (Å²) >= 11 is 0. The van der Waals surface area contributed by atoms with E-state index < -0.39 is 22.2 Å². The fraction of sp³-hybridized carbons (Fsp3) is 0.333. The first-order valence-electron chi connectivity index (χ1n) is 4.35. The van der Waals surface area contributed by atoms with Gasteiger partial charge in [0.2, 0.25) is 0 Å². The van der Waals surface area contributed by atoms with Crippen molar-refractivity contribution >= 4 is 10.1 Å². The van der Waals surface area contributed by atoms with Crippen LogP contribution in [0.15, 0.2) is 24.3 Å². The van der Waals surface area contributed by atoms with E-state index in [1.54, 1.807) is 6.07 Å². The van der Waals surface area contributed by atoms with E-state index in [2.05, 4.69) is 4.18 Å². The molecule has 0 N–H and O–H groups in total. The minimum atomic E-state index is -5.56. The Kier molecular flexibility index (Phi) is 3.99. The maximum atomic E-state index is 11.9. The van der Waals surface area contributed by atoms with E-state index in [1.807, 2.05) is 0 Å². The van der Waals surface area contributed by atoms with Gasteiger partial charge >= 0.3 is 15.6 Å². The van der Waals surface area contributed by atoms with Gasteiger partial charge in [0.15, 0.2) is 0 Å². The molecule has 0 unspecified atom stereocenters. The van der Waals surface area contributed by atoms with Crippen molar-refractivity contribution in [2.45, 2.75) is 12.1 Å². The quantitative estimate of drug-likeness (QED) is 0.620. The Morgan fingerprint density at radius 1 is 1.29 bits per heavy atom. The van der Waals surface area contributed by atoms with Crippen LogP contribution in [0.5, 0.6) is 5.75 Å². The van der Waals surface area contributed by atoms with Crippen molar-refractivity contribution < 1.29 is 30.5 Å². The van der Waals surface area contributed by atoms with Gasteiger partial charge in [-0.25, -0.2) is 0 Å². The molecule has 4 nitrogen and oxygen atoms in total. The molecule has 0 aliphatic carbocycles. The van der Waals surface area contributed by atoms with Gasteiger partial charge in [-0.05, 0) is 17.7 Å². The summed E-state index contributed by atoms with van der Waals surface area (Å²) in [4.78, 5) is 0. The highest BCUT2D eigenvalue weighted by Crippen LogP contribution is 2.25. The zero-order chi connectivity index (χ0) is 13.1. The van der Waals surface area contributed by atoms with Crippen molar-refractivity contribution in [3.8, 4) is 5.75 Å². The van der Waals surface area contributed by atoms with Crippen molar-refractivity contribution in [3.63, 3.8) is 0 Å². The summed E-state index contributed by atoms with van der Waals surface area (Å²) in [6.45, 7) is -0.695. The molecule has 0 bridgehead atoms. The standard InChI is InChI=1S/C9H9F3O4S/c1-15-8-4-2-3-7(5-8)6-16-17(13,14)9(10,11)12/h2-5H,6H2,1H3. The molecule has 0 fully saturated rings. The van der Waals surface area contributed by atoms with Gasteiger partial charge in [0.1, 0.15) is 5.75 Å². The number of halogens is 3. The second-order valence-electron chi connectivity index (χ2n) is 3.01. The molecule has 1 rings (SSSR count). The third-order valence-electron chi connectivity index (χ3n) is 1.80. The molecule has 17 heavy (non-hydrogen) atoms. The fourth-order valence-electron chi connectivity index (χ4n) is 0.975. The van der Waals surface area contributed by atoms with Gasteiger partial charge in [-0.3, -0.25) is 4.18 Å². The topological polar surface area (TPSA) is 52.6 Å². The molecule has 0 amide bonds. The summed E-state index contributed by atoms with van der Waals surface area (Å²) < 4.78 is 65.7. The average Bonchev–Trinajstić information content (AvgIpc) is 2.25. The van der Waals surface area contributed by atoms with E-state index in [0.29, 0.717) is 5.75 Å². The van der Waals surface area contributed by atoms with Gasteiger partial charge in [-0.2, -0.15) is 21.6 Å². The molecular formula is C9H9F3O4S. The Hall–Kier alpha value is -1.28. The normalized spacial score (nSPS) is 12.5. The highest BCUT2D eigenvalue weighted by molar-refractivity contribution is 7.87. The van der Waals surface area contributed by atoms with E-state index >= 15 is 0 Å². The van der Waals surface area contributed by atoms with Gasteiger partial charge in [-0.1, -0.05) is 12.1 Å². The van der Waals surface area contributed by atoms with Crippen LogP contribution in [-0.2, 0) is 20.9 Å². The minimum Gasteiger partial charge on any atom is -0.497 e. The lowest BCUT2D eigenvalue weighted by Crippen LogP contribution is -2.25. The number of ether oxygens (including phenoxy) is 1. The minimum absolute atomic E-state index is 0.261. The summed E-state index contributed by atoms with van der Waals surface area (Å²) in [6, 6.07) is 5.89. The molecule has 0 aliphatic rings. The highest BCUT2D eigenvalue weighted by Gasteiger charge is 2.47. The van der Waals surface area contributed by atoms with Crippen molar-refractivity contribution in [2.75, 3.05) is 7.11 Å². The lowest BCUT2D eigenvalue weighted by Gasteiger charge is -2.08. The molecule has 8 heteroatoms. The van der Waals surface area contributed by atoms with Gasteiger partial charge in [0.25, 0.3) is 0 Å². The van der Waals surface area contributed by atoms with E-state index in [9.17, 15) is 21.6 Å². The van der Waals surface area contributed by atoms with Crippen LogP contribution in [-0.4, -0.2) is 21.0 Å². The van der Waals surface area contributed by atoms with Crippen LogP contribution in [0.1, 0.15) is 5.56 Å². The van der Waals surface area contributed by atoms with E-state index in [1.165, 1.54) is 25.3 Å². The van der Waals surface area contributed by atoms with Gasteiger partial charge in [0.05, 0.1) is 13.7 Å². The summed E-state index contributed by atoms with van der Waals surface area (Å²) in [5.74, 6) is 0.399. The first-order chi connectivity index (χ1) is 7.76. The maximum Gasteiger partial charge on any atom is 0.523 e. The van der Waals surface area contributed by atoms with Gasteiger partial charge in [0, 0.05) is 0 Å². The van der Waals surface area contributed by atoms with E-state index in [0.717, 1.165) is 0 Å². The first-order valence-corrected chi connectivity index (χ1v) is 5.76. The largest absolute Gasteiger partial charge is 0.523 e. The Bertz CT molecular complexity index is 481. The third-order valence-corrected chi connectivity index (χ3v) is 2.79. The van der Waals surface area contributed by atoms with Crippen LogP contribution in [0.3, 0.4) is 0 Å². The lowest BCUT2D eigenvalue weighted by atomic mass is 10.2. The third kappa shape index (κ3) is 3.60. The number of hydrogen-bond donors (Lipinski definition) is 0. The van der Waals surface area contributed by atoms with Crippen LogP contribution in [0.2, 0.25) is 0 Å². The zero-order valence-corrected chi connectivity index (χ0v) is 9.51. The van der Waals surface area contributed by atoms with Crippen LogP contribution in [0.25, 0.3) is 0 Å². The Labute approximate surface area is 96.1 Å². The Morgan fingerprint density at radius 2 is 1.94 bits per heavy atom. The Morgan fingerprint density at radius 3 is 2.47 bits per heavy atom. The van der Waals surface area contributed by atoms with E-state index in [-0.39, 0.29) is 5.56 Å². The number of alkyl halides is 3. The molecule has 96 valence electrons. The van der Waals surface area contributed by atoms with Crippen molar-refractivity contribution in [1.82, 2.24) is 0 Å². The van der Waals surface area contributed by atoms with Crippen LogP contribution < -0.4 is 4.74 Å². The molecule has 0 atom stereocenters. The number of hydrogen-bond acceptors (Lipinski definition) is 4. The fourth-order valence-corrected chi connectivity index (χ4v) is 1.40. The van der Waals surface area contributed by atoms with Gasteiger partial charge < -0.3 is 4.74 Å². The second-order valence-corrected chi connectivity index (χ2v) is 4.62. The molecule has 0 heterocycles. The molecule has 0 spiro atoms. The predicted molar refractivity (Wildman–Crippen MR) is 52.8 cm³/mol. The summed E-state index contributed by atoms with van der Waals surface area (Å²) in [5.41, 5.74) is -5.15. The second kappa shape index (κ2) is 4.92. The monoisotopic (exact) mass is 270 g/mol. The predicted octanol–water partition coefficient (Wildman–Crippen LogP) is 2.06. The molecular weight excluding hydrogens is 261 g/mol.